The first-order valence-corrected chi connectivity index (χ1v) is 6.24. The van der Waals surface area contributed by atoms with Gasteiger partial charge in [-0.25, -0.2) is 4.79 Å². The summed E-state index contributed by atoms with van der Waals surface area (Å²) in [5.74, 6) is -0.948. The number of carbonyl (C=O) groups is 1. The highest BCUT2D eigenvalue weighted by Gasteiger charge is 2.12. The first-order valence-electron chi connectivity index (χ1n) is 5.36. The molecule has 0 spiro atoms. The molecule has 0 aliphatic carbocycles. The van der Waals surface area contributed by atoms with E-state index in [0.717, 1.165) is 10.4 Å². The molecule has 2 rings (SSSR count). The van der Waals surface area contributed by atoms with Gasteiger partial charge < -0.3 is 10.2 Å². The molecule has 0 aliphatic rings. The second-order valence-corrected chi connectivity index (χ2v) is 4.83. The molecule has 2 N–H and O–H groups in total. The third-order valence-electron chi connectivity index (χ3n) is 2.56. The Labute approximate surface area is 109 Å². The van der Waals surface area contributed by atoms with E-state index >= 15 is 0 Å². The van der Waals surface area contributed by atoms with Crippen LogP contribution in [0.15, 0.2) is 35.7 Å². The molecule has 4 heteroatoms. The largest absolute Gasteiger partial charge is 0.508 e. The van der Waals surface area contributed by atoms with Crippen LogP contribution in [0.3, 0.4) is 0 Å². The summed E-state index contributed by atoms with van der Waals surface area (Å²) in [5.41, 5.74) is 1.71. The average Bonchev–Trinajstić information content (AvgIpc) is 2.71. The van der Waals surface area contributed by atoms with Crippen molar-refractivity contribution in [1.82, 2.24) is 0 Å². The fraction of sp³-hybridized carbons (Fsp3) is 0.0714. The molecule has 92 valence electrons. The molecule has 0 fully saturated rings. The Morgan fingerprint density at radius 1 is 1.33 bits per heavy atom. The van der Waals surface area contributed by atoms with Crippen LogP contribution in [0.1, 0.15) is 16.0 Å². The Bertz CT molecular complexity index is 611. The van der Waals surface area contributed by atoms with Gasteiger partial charge in [-0.05, 0) is 47.7 Å². The SMILES string of the molecule is Cc1ccsc1/C=C(\C(=O)O)c1cccc(O)c1. The van der Waals surface area contributed by atoms with Crippen LogP contribution in [0.4, 0.5) is 0 Å². The van der Waals surface area contributed by atoms with E-state index in [2.05, 4.69) is 0 Å². The van der Waals surface area contributed by atoms with Crippen LogP contribution in [-0.4, -0.2) is 16.2 Å². The number of thiophene rings is 1. The predicted molar refractivity (Wildman–Crippen MR) is 72.7 cm³/mol. The third kappa shape index (κ3) is 2.60. The lowest BCUT2D eigenvalue weighted by atomic mass is 10.0. The van der Waals surface area contributed by atoms with Gasteiger partial charge in [0.25, 0.3) is 0 Å². The summed E-state index contributed by atoms with van der Waals surface area (Å²) >= 11 is 1.49. The van der Waals surface area contributed by atoms with Gasteiger partial charge in [-0.1, -0.05) is 12.1 Å². The number of aliphatic carboxylic acids is 1. The number of carboxylic acid groups (broad SMARTS) is 1. The highest BCUT2D eigenvalue weighted by atomic mass is 32.1. The standard InChI is InChI=1S/C14H12O3S/c1-9-5-6-18-13(9)8-12(14(16)17)10-3-2-4-11(15)7-10/h2-8,15H,1H3,(H,16,17)/b12-8-. The molecule has 1 aromatic carbocycles. The molecule has 1 heterocycles. The minimum Gasteiger partial charge on any atom is -0.508 e. The Balaban J connectivity index is 2.50. The Kier molecular flexibility index (Phi) is 3.48. The van der Waals surface area contributed by atoms with Crippen LogP contribution in [-0.2, 0) is 4.79 Å². The fourth-order valence-corrected chi connectivity index (χ4v) is 2.46. The van der Waals surface area contributed by atoms with E-state index < -0.39 is 5.97 Å². The van der Waals surface area contributed by atoms with E-state index in [9.17, 15) is 15.0 Å². The van der Waals surface area contributed by atoms with Crippen molar-refractivity contribution in [3.63, 3.8) is 0 Å². The van der Waals surface area contributed by atoms with Gasteiger partial charge in [0.05, 0.1) is 5.57 Å². The Morgan fingerprint density at radius 3 is 2.67 bits per heavy atom. The van der Waals surface area contributed by atoms with Crippen molar-refractivity contribution >= 4 is 29.0 Å². The number of aryl methyl sites for hydroxylation is 1. The zero-order valence-corrected chi connectivity index (χ0v) is 10.6. The van der Waals surface area contributed by atoms with Gasteiger partial charge >= 0.3 is 5.97 Å². The number of hydrogen-bond donors (Lipinski definition) is 2. The van der Waals surface area contributed by atoms with Gasteiger partial charge in [0, 0.05) is 4.88 Å². The third-order valence-corrected chi connectivity index (χ3v) is 3.53. The molecule has 0 aliphatic heterocycles. The van der Waals surface area contributed by atoms with Gasteiger partial charge in [0.1, 0.15) is 5.75 Å². The van der Waals surface area contributed by atoms with Crippen molar-refractivity contribution in [2.45, 2.75) is 6.92 Å². The molecule has 1 aromatic heterocycles. The molecule has 0 unspecified atom stereocenters. The Hall–Kier alpha value is -2.07. The van der Waals surface area contributed by atoms with Crippen LogP contribution in [0.25, 0.3) is 11.6 Å². The molecule has 3 nitrogen and oxygen atoms in total. The van der Waals surface area contributed by atoms with Crippen LogP contribution in [0.2, 0.25) is 0 Å². The maximum absolute atomic E-state index is 11.3. The maximum atomic E-state index is 11.3. The van der Waals surface area contributed by atoms with Gasteiger partial charge in [0.15, 0.2) is 0 Å². The quantitative estimate of drug-likeness (QED) is 0.832. The first-order chi connectivity index (χ1) is 8.58. The molecular weight excluding hydrogens is 248 g/mol. The van der Waals surface area contributed by atoms with Crippen molar-refractivity contribution in [3.05, 3.63) is 51.7 Å². The number of carboxylic acids is 1. The number of benzene rings is 1. The summed E-state index contributed by atoms with van der Waals surface area (Å²) in [6.07, 6.45) is 1.64. The zero-order valence-electron chi connectivity index (χ0n) is 9.75. The van der Waals surface area contributed by atoms with E-state index in [0.29, 0.717) is 5.56 Å². The van der Waals surface area contributed by atoms with Crippen LogP contribution < -0.4 is 0 Å². The van der Waals surface area contributed by atoms with E-state index in [1.165, 1.54) is 23.5 Å². The molecule has 0 atom stereocenters. The minimum atomic E-state index is -1.01. The summed E-state index contributed by atoms with van der Waals surface area (Å²) in [4.78, 5) is 12.2. The van der Waals surface area contributed by atoms with Gasteiger partial charge in [-0.2, -0.15) is 0 Å². The lowest BCUT2D eigenvalue weighted by molar-refractivity contribution is -0.130. The van der Waals surface area contributed by atoms with E-state index in [1.807, 2.05) is 18.4 Å². The minimum absolute atomic E-state index is 0.0579. The lowest BCUT2D eigenvalue weighted by Gasteiger charge is -2.03. The van der Waals surface area contributed by atoms with E-state index in [1.54, 1.807) is 18.2 Å². The van der Waals surface area contributed by atoms with Crippen molar-refractivity contribution in [2.24, 2.45) is 0 Å². The molecule has 18 heavy (non-hydrogen) atoms. The predicted octanol–water partition coefficient (Wildman–Crippen LogP) is 3.39. The van der Waals surface area contributed by atoms with Crippen LogP contribution in [0.5, 0.6) is 5.75 Å². The number of phenols is 1. The number of aromatic hydroxyl groups is 1. The van der Waals surface area contributed by atoms with E-state index in [4.69, 9.17) is 0 Å². The molecule has 0 bridgehead atoms. The first kappa shape index (κ1) is 12.4. The number of hydrogen-bond acceptors (Lipinski definition) is 3. The van der Waals surface area contributed by atoms with Crippen LogP contribution >= 0.6 is 11.3 Å². The molecule has 0 saturated heterocycles. The highest BCUT2D eigenvalue weighted by Crippen LogP contribution is 2.25. The maximum Gasteiger partial charge on any atom is 0.336 e. The number of rotatable bonds is 3. The normalized spacial score (nSPS) is 11.5. The van der Waals surface area contributed by atoms with Gasteiger partial charge in [-0.3, -0.25) is 0 Å². The second-order valence-electron chi connectivity index (χ2n) is 3.88. The lowest BCUT2D eigenvalue weighted by Crippen LogP contribution is -1.99. The van der Waals surface area contributed by atoms with Gasteiger partial charge in [0.2, 0.25) is 0 Å². The van der Waals surface area contributed by atoms with Crippen molar-refractivity contribution < 1.29 is 15.0 Å². The second kappa shape index (κ2) is 5.06. The molecule has 2 aromatic rings. The molecule has 0 radical (unpaired) electrons. The number of phenolic OH excluding ortho intramolecular Hbond substituents is 1. The summed E-state index contributed by atoms with van der Waals surface area (Å²) in [6.45, 7) is 1.93. The summed E-state index contributed by atoms with van der Waals surface area (Å²) in [6, 6.07) is 8.20. The van der Waals surface area contributed by atoms with Crippen molar-refractivity contribution in [2.75, 3.05) is 0 Å². The average molecular weight is 260 g/mol. The van der Waals surface area contributed by atoms with E-state index in [-0.39, 0.29) is 11.3 Å². The highest BCUT2D eigenvalue weighted by molar-refractivity contribution is 7.11. The topological polar surface area (TPSA) is 57.5 Å². The Morgan fingerprint density at radius 2 is 2.11 bits per heavy atom. The summed E-state index contributed by atoms with van der Waals surface area (Å²) in [7, 11) is 0. The van der Waals surface area contributed by atoms with Crippen molar-refractivity contribution in [3.8, 4) is 5.75 Å². The summed E-state index contributed by atoms with van der Waals surface area (Å²) < 4.78 is 0. The van der Waals surface area contributed by atoms with Gasteiger partial charge in [-0.15, -0.1) is 11.3 Å². The molecular formula is C14H12O3S. The van der Waals surface area contributed by atoms with Crippen molar-refractivity contribution in [1.29, 1.82) is 0 Å². The monoisotopic (exact) mass is 260 g/mol. The summed E-state index contributed by atoms with van der Waals surface area (Å²) in [5, 5.41) is 20.6. The molecule has 0 amide bonds. The zero-order chi connectivity index (χ0) is 13.1. The molecule has 0 saturated carbocycles. The van der Waals surface area contributed by atoms with Crippen LogP contribution in [0, 0.1) is 6.92 Å². The fourth-order valence-electron chi connectivity index (χ4n) is 1.61. The smallest absolute Gasteiger partial charge is 0.336 e.